The van der Waals surface area contributed by atoms with E-state index in [0.717, 1.165) is 17.2 Å². The Morgan fingerprint density at radius 3 is 2.59 bits per heavy atom. The van der Waals surface area contributed by atoms with Gasteiger partial charge < -0.3 is 4.90 Å². The van der Waals surface area contributed by atoms with Crippen LogP contribution in [0.25, 0.3) is 0 Å². The van der Waals surface area contributed by atoms with Crippen molar-refractivity contribution in [2.75, 3.05) is 7.05 Å². The average molecular weight is 303 g/mol. The highest BCUT2D eigenvalue weighted by Crippen LogP contribution is 2.13. The van der Waals surface area contributed by atoms with Gasteiger partial charge in [-0.1, -0.05) is 35.9 Å². The molecule has 0 aromatic heterocycles. The molecule has 0 saturated carbocycles. The van der Waals surface area contributed by atoms with Gasteiger partial charge in [-0.15, -0.1) is 0 Å². The van der Waals surface area contributed by atoms with Crippen molar-refractivity contribution in [2.45, 2.75) is 26.3 Å². The first-order chi connectivity index (χ1) is 10.5. The fraction of sp³-hybridized carbons (Fsp3) is 0.278. The van der Waals surface area contributed by atoms with Gasteiger partial charge in [-0.25, -0.2) is 8.78 Å². The molecule has 0 unspecified atom stereocenters. The highest BCUT2D eigenvalue weighted by atomic mass is 19.1. The number of carbonyl (C=O) groups excluding carboxylic acids is 1. The summed E-state index contributed by atoms with van der Waals surface area (Å²) in [5.74, 6) is -1.31. The molecule has 0 aliphatic heterocycles. The van der Waals surface area contributed by atoms with Crippen LogP contribution in [0.5, 0.6) is 0 Å². The van der Waals surface area contributed by atoms with E-state index in [1.54, 1.807) is 7.05 Å². The van der Waals surface area contributed by atoms with Gasteiger partial charge in [0.2, 0.25) is 5.91 Å². The first-order valence-electron chi connectivity index (χ1n) is 7.19. The molecule has 0 fully saturated rings. The highest BCUT2D eigenvalue weighted by Gasteiger charge is 2.12. The van der Waals surface area contributed by atoms with E-state index < -0.39 is 11.6 Å². The number of nitrogens with zero attached hydrogens (tertiary/aromatic N) is 1. The van der Waals surface area contributed by atoms with Gasteiger partial charge in [0.15, 0.2) is 0 Å². The Hall–Kier alpha value is -2.23. The first-order valence-corrected chi connectivity index (χ1v) is 7.19. The van der Waals surface area contributed by atoms with E-state index in [4.69, 9.17) is 0 Å². The minimum Gasteiger partial charge on any atom is -0.341 e. The lowest BCUT2D eigenvalue weighted by atomic mass is 10.1. The van der Waals surface area contributed by atoms with E-state index in [-0.39, 0.29) is 12.5 Å². The Bertz CT molecular complexity index is 670. The molecule has 0 spiro atoms. The zero-order valence-corrected chi connectivity index (χ0v) is 12.8. The number of rotatable bonds is 5. The van der Waals surface area contributed by atoms with Crippen LogP contribution in [0.3, 0.4) is 0 Å². The van der Waals surface area contributed by atoms with Crippen LogP contribution in [-0.2, 0) is 17.8 Å². The Kier molecular flexibility index (Phi) is 5.26. The van der Waals surface area contributed by atoms with E-state index in [1.165, 1.54) is 17.0 Å². The lowest BCUT2D eigenvalue weighted by Crippen LogP contribution is -2.26. The van der Waals surface area contributed by atoms with Crippen LogP contribution in [0.4, 0.5) is 8.78 Å². The Labute approximate surface area is 129 Å². The molecule has 4 heteroatoms. The molecule has 0 aliphatic carbocycles. The SMILES string of the molecule is Cc1cccc(CCC(=O)N(C)Cc2ccc(F)cc2F)c1. The lowest BCUT2D eigenvalue weighted by Gasteiger charge is -2.17. The number of aryl methyl sites for hydroxylation is 2. The fourth-order valence-electron chi connectivity index (χ4n) is 2.30. The molecule has 2 nitrogen and oxygen atoms in total. The second kappa shape index (κ2) is 7.16. The summed E-state index contributed by atoms with van der Waals surface area (Å²) in [6.45, 7) is 2.15. The van der Waals surface area contributed by atoms with Gasteiger partial charge in [-0.05, 0) is 25.0 Å². The Balaban J connectivity index is 1.92. The minimum atomic E-state index is -0.627. The van der Waals surface area contributed by atoms with Crippen molar-refractivity contribution in [3.05, 3.63) is 70.8 Å². The number of halogens is 2. The predicted molar refractivity (Wildman–Crippen MR) is 82.3 cm³/mol. The van der Waals surface area contributed by atoms with Crippen LogP contribution in [0.1, 0.15) is 23.1 Å². The number of benzene rings is 2. The second-order valence-corrected chi connectivity index (χ2v) is 5.47. The third kappa shape index (κ3) is 4.38. The van der Waals surface area contributed by atoms with E-state index in [0.29, 0.717) is 18.4 Å². The van der Waals surface area contributed by atoms with Crippen molar-refractivity contribution in [3.63, 3.8) is 0 Å². The zero-order valence-electron chi connectivity index (χ0n) is 12.8. The Morgan fingerprint density at radius 1 is 1.14 bits per heavy atom. The normalized spacial score (nSPS) is 10.5. The summed E-state index contributed by atoms with van der Waals surface area (Å²) in [6.07, 6.45) is 1.01. The second-order valence-electron chi connectivity index (χ2n) is 5.47. The largest absolute Gasteiger partial charge is 0.341 e. The van der Waals surface area contributed by atoms with E-state index in [1.807, 2.05) is 31.2 Å². The Morgan fingerprint density at radius 2 is 1.91 bits per heavy atom. The van der Waals surface area contributed by atoms with Gasteiger partial charge in [-0.2, -0.15) is 0 Å². The molecule has 0 saturated heterocycles. The summed E-state index contributed by atoms with van der Waals surface area (Å²) >= 11 is 0. The fourth-order valence-corrected chi connectivity index (χ4v) is 2.30. The zero-order chi connectivity index (χ0) is 16.1. The van der Waals surface area contributed by atoms with Crippen molar-refractivity contribution in [3.8, 4) is 0 Å². The van der Waals surface area contributed by atoms with Gasteiger partial charge in [0.05, 0.1) is 0 Å². The standard InChI is InChI=1S/C18H19F2NO/c1-13-4-3-5-14(10-13)6-9-18(22)21(2)12-15-7-8-16(19)11-17(15)20/h3-5,7-8,10-11H,6,9,12H2,1-2H3. The van der Waals surface area contributed by atoms with Crippen molar-refractivity contribution in [1.29, 1.82) is 0 Å². The van der Waals surface area contributed by atoms with Crippen molar-refractivity contribution >= 4 is 5.91 Å². The summed E-state index contributed by atoms with van der Waals surface area (Å²) in [5.41, 5.74) is 2.58. The van der Waals surface area contributed by atoms with E-state index in [9.17, 15) is 13.6 Å². The molecule has 1 amide bonds. The average Bonchev–Trinajstić information content (AvgIpc) is 2.47. The van der Waals surface area contributed by atoms with Crippen molar-refractivity contribution < 1.29 is 13.6 Å². The van der Waals surface area contributed by atoms with Crippen LogP contribution < -0.4 is 0 Å². The summed E-state index contributed by atoms with van der Waals surface area (Å²) in [6, 6.07) is 11.4. The molecule has 0 bridgehead atoms. The summed E-state index contributed by atoms with van der Waals surface area (Å²) < 4.78 is 26.5. The maximum Gasteiger partial charge on any atom is 0.222 e. The number of carbonyl (C=O) groups is 1. The molecule has 0 aliphatic rings. The molecule has 0 heterocycles. The topological polar surface area (TPSA) is 20.3 Å². The smallest absolute Gasteiger partial charge is 0.222 e. The van der Waals surface area contributed by atoms with Crippen molar-refractivity contribution in [1.82, 2.24) is 4.90 Å². The quantitative estimate of drug-likeness (QED) is 0.821. The number of amides is 1. The van der Waals surface area contributed by atoms with Crippen LogP contribution in [-0.4, -0.2) is 17.9 Å². The number of hydrogen-bond acceptors (Lipinski definition) is 1. The molecule has 2 aromatic carbocycles. The van der Waals surface area contributed by atoms with Crippen LogP contribution >= 0.6 is 0 Å². The molecular formula is C18H19F2NO. The van der Waals surface area contributed by atoms with Gasteiger partial charge in [0.1, 0.15) is 11.6 Å². The maximum atomic E-state index is 13.6. The molecule has 0 N–H and O–H groups in total. The molecule has 0 radical (unpaired) electrons. The first kappa shape index (κ1) is 16.1. The van der Waals surface area contributed by atoms with Gasteiger partial charge in [0.25, 0.3) is 0 Å². The molecule has 2 rings (SSSR count). The highest BCUT2D eigenvalue weighted by molar-refractivity contribution is 5.76. The number of hydrogen-bond donors (Lipinski definition) is 0. The van der Waals surface area contributed by atoms with Gasteiger partial charge in [0, 0.05) is 31.6 Å². The predicted octanol–water partition coefficient (Wildman–Crippen LogP) is 3.86. The van der Waals surface area contributed by atoms with E-state index >= 15 is 0 Å². The third-order valence-electron chi connectivity index (χ3n) is 3.56. The lowest BCUT2D eigenvalue weighted by molar-refractivity contribution is -0.130. The van der Waals surface area contributed by atoms with Gasteiger partial charge >= 0.3 is 0 Å². The molecular weight excluding hydrogens is 284 g/mol. The molecule has 2 aromatic rings. The van der Waals surface area contributed by atoms with Crippen molar-refractivity contribution in [2.24, 2.45) is 0 Å². The maximum absolute atomic E-state index is 13.6. The van der Waals surface area contributed by atoms with Crippen LogP contribution in [0.2, 0.25) is 0 Å². The van der Waals surface area contributed by atoms with Gasteiger partial charge in [-0.3, -0.25) is 4.79 Å². The van der Waals surface area contributed by atoms with E-state index in [2.05, 4.69) is 0 Å². The summed E-state index contributed by atoms with van der Waals surface area (Å²) in [7, 11) is 1.63. The van der Waals surface area contributed by atoms with Crippen LogP contribution in [0, 0.1) is 18.6 Å². The monoisotopic (exact) mass is 303 g/mol. The third-order valence-corrected chi connectivity index (χ3v) is 3.56. The molecule has 0 atom stereocenters. The minimum absolute atomic E-state index is 0.0646. The van der Waals surface area contributed by atoms with Crippen LogP contribution in [0.15, 0.2) is 42.5 Å². The summed E-state index contributed by atoms with van der Waals surface area (Å²) in [4.78, 5) is 13.6. The molecule has 116 valence electrons. The molecule has 22 heavy (non-hydrogen) atoms. The summed E-state index contributed by atoms with van der Waals surface area (Å²) in [5, 5.41) is 0.